The number of fused-ring (bicyclic) bond motifs is 1. The zero-order chi connectivity index (χ0) is 15.8. The Kier molecular flexibility index (Phi) is 3.37. The van der Waals surface area contributed by atoms with Gasteiger partial charge >= 0.3 is 0 Å². The third-order valence-electron chi connectivity index (χ3n) is 4.44. The molecule has 0 spiro atoms. The summed E-state index contributed by atoms with van der Waals surface area (Å²) in [6.07, 6.45) is 3.83. The summed E-state index contributed by atoms with van der Waals surface area (Å²) >= 11 is 0. The van der Waals surface area contributed by atoms with E-state index in [9.17, 15) is 4.79 Å². The Morgan fingerprint density at radius 3 is 2.96 bits per heavy atom. The molecule has 1 N–H and O–H groups in total. The summed E-state index contributed by atoms with van der Waals surface area (Å²) in [4.78, 5) is 22.6. The Labute approximate surface area is 134 Å². The van der Waals surface area contributed by atoms with Crippen LogP contribution in [0.3, 0.4) is 0 Å². The van der Waals surface area contributed by atoms with Gasteiger partial charge in [0.15, 0.2) is 0 Å². The number of carbonyl (C=O) groups is 1. The molecule has 6 heteroatoms. The van der Waals surface area contributed by atoms with Gasteiger partial charge in [0.05, 0.1) is 11.0 Å². The molecule has 1 saturated heterocycles. The van der Waals surface area contributed by atoms with Gasteiger partial charge in [0.2, 0.25) is 0 Å². The second-order valence-electron chi connectivity index (χ2n) is 6.10. The summed E-state index contributed by atoms with van der Waals surface area (Å²) in [5, 5.41) is 4.22. The number of para-hydroxylation sites is 2. The molecule has 1 aliphatic heterocycles. The average molecular weight is 309 g/mol. The number of aryl methyl sites for hydroxylation is 1. The number of hydrogen-bond acceptors (Lipinski definition) is 3. The lowest BCUT2D eigenvalue weighted by Crippen LogP contribution is -2.39. The molecule has 0 bridgehead atoms. The van der Waals surface area contributed by atoms with Crippen molar-refractivity contribution >= 4 is 16.9 Å². The highest BCUT2D eigenvalue weighted by Crippen LogP contribution is 2.27. The number of aromatic nitrogens is 4. The van der Waals surface area contributed by atoms with E-state index in [0.29, 0.717) is 12.2 Å². The number of H-pyrrole nitrogens is 1. The lowest BCUT2D eigenvalue weighted by atomic mass is 9.97. The molecule has 6 nitrogen and oxygen atoms in total. The van der Waals surface area contributed by atoms with E-state index < -0.39 is 0 Å². The van der Waals surface area contributed by atoms with E-state index in [1.54, 1.807) is 16.9 Å². The van der Waals surface area contributed by atoms with Crippen LogP contribution >= 0.6 is 0 Å². The highest BCUT2D eigenvalue weighted by atomic mass is 16.2. The smallest absolute Gasteiger partial charge is 0.274 e. The van der Waals surface area contributed by atoms with E-state index >= 15 is 0 Å². The van der Waals surface area contributed by atoms with Gasteiger partial charge in [0, 0.05) is 32.3 Å². The molecular weight excluding hydrogens is 290 g/mol. The molecular formula is C17H19N5O. The van der Waals surface area contributed by atoms with Crippen molar-refractivity contribution in [3.05, 3.63) is 48.0 Å². The second kappa shape index (κ2) is 5.53. The maximum absolute atomic E-state index is 12.6. The molecule has 1 aliphatic rings. The van der Waals surface area contributed by atoms with E-state index in [-0.39, 0.29) is 11.8 Å². The lowest BCUT2D eigenvalue weighted by Gasteiger charge is -2.31. The number of aromatic amines is 1. The molecule has 1 aromatic carbocycles. The van der Waals surface area contributed by atoms with Crippen LogP contribution in [0.4, 0.5) is 0 Å². The Bertz CT molecular complexity index is 816. The molecule has 0 unspecified atom stereocenters. The van der Waals surface area contributed by atoms with Crippen molar-refractivity contribution in [1.82, 2.24) is 24.6 Å². The molecule has 0 aliphatic carbocycles. The molecule has 4 rings (SSSR count). The molecule has 1 fully saturated rings. The van der Waals surface area contributed by atoms with Gasteiger partial charge in [0.1, 0.15) is 11.5 Å². The van der Waals surface area contributed by atoms with Crippen LogP contribution in [0.1, 0.15) is 35.1 Å². The first-order valence-corrected chi connectivity index (χ1v) is 7.94. The van der Waals surface area contributed by atoms with Crippen molar-refractivity contribution in [3.8, 4) is 0 Å². The summed E-state index contributed by atoms with van der Waals surface area (Å²) in [6.45, 7) is 1.47. The molecule has 118 valence electrons. The van der Waals surface area contributed by atoms with Crippen molar-refractivity contribution in [2.45, 2.75) is 18.8 Å². The minimum Gasteiger partial charge on any atom is -0.342 e. The van der Waals surface area contributed by atoms with Crippen molar-refractivity contribution in [2.24, 2.45) is 7.05 Å². The first-order valence-electron chi connectivity index (χ1n) is 7.94. The van der Waals surface area contributed by atoms with Crippen LogP contribution in [0.25, 0.3) is 11.0 Å². The quantitative estimate of drug-likeness (QED) is 0.790. The Morgan fingerprint density at radius 1 is 1.30 bits per heavy atom. The highest BCUT2D eigenvalue weighted by Gasteiger charge is 2.28. The Balaban J connectivity index is 1.55. The van der Waals surface area contributed by atoms with Crippen LogP contribution in [0, 0.1) is 0 Å². The zero-order valence-corrected chi connectivity index (χ0v) is 13.1. The second-order valence-corrected chi connectivity index (χ2v) is 6.10. The van der Waals surface area contributed by atoms with Crippen LogP contribution in [0.15, 0.2) is 36.5 Å². The van der Waals surface area contributed by atoms with Crippen LogP contribution in [-0.4, -0.2) is 43.6 Å². The minimum absolute atomic E-state index is 0.00594. The number of carbonyl (C=O) groups excluding carboxylic acids is 1. The number of hydrogen-bond donors (Lipinski definition) is 1. The Morgan fingerprint density at radius 2 is 2.17 bits per heavy atom. The summed E-state index contributed by atoms with van der Waals surface area (Å²) in [7, 11) is 1.82. The molecule has 3 aromatic rings. The zero-order valence-electron chi connectivity index (χ0n) is 13.1. The summed E-state index contributed by atoms with van der Waals surface area (Å²) < 4.78 is 1.66. The van der Waals surface area contributed by atoms with E-state index in [4.69, 9.17) is 4.98 Å². The van der Waals surface area contributed by atoms with Crippen molar-refractivity contribution in [1.29, 1.82) is 0 Å². The molecule has 0 saturated carbocycles. The van der Waals surface area contributed by atoms with Crippen molar-refractivity contribution < 1.29 is 4.79 Å². The standard InChI is InChI=1S/C17H19N5O/c1-21-10-8-15(20-21)17(23)22-9-4-5-12(11-22)16-18-13-6-2-3-7-14(13)19-16/h2-3,6-8,10,12H,4-5,9,11H2,1H3,(H,18,19)/t12-/m1/s1. The lowest BCUT2D eigenvalue weighted by molar-refractivity contribution is 0.0698. The number of imidazole rings is 1. The van der Waals surface area contributed by atoms with Gasteiger partial charge < -0.3 is 9.88 Å². The van der Waals surface area contributed by atoms with Gasteiger partial charge in [-0.1, -0.05) is 12.1 Å². The monoisotopic (exact) mass is 309 g/mol. The first-order chi connectivity index (χ1) is 11.2. The topological polar surface area (TPSA) is 66.8 Å². The van der Waals surface area contributed by atoms with E-state index in [0.717, 1.165) is 36.2 Å². The van der Waals surface area contributed by atoms with Gasteiger partial charge in [-0.15, -0.1) is 0 Å². The van der Waals surface area contributed by atoms with Gasteiger partial charge in [-0.3, -0.25) is 9.48 Å². The first kappa shape index (κ1) is 14.0. The minimum atomic E-state index is 0.00594. The fourth-order valence-electron chi connectivity index (χ4n) is 3.24. The number of benzene rings is 1. The number of piperidine rings is 1. The van der Waals surface area contributed by atoms with Crippen LogP contribution < -0.4 is 0 Å². The number of rotatable bonds is 2. The fourth-order valence-corrected chi connectivity index (χ4v) is 3.24. The molecule has 3 heterocycles. The van der Waals surface area contributed by atoms with Gasteiger partial charge in [0.25, 0.3) is 5.91 Å². The summed E-state index contributed by atoms with van der Waals surface area (Å²) in [5.41, 5.74) is 2.55. The largest absolute Gasteiger partial charge is 0.342 e. The molecule has 23 heavy (non-hydrogen) atoms. The number of nitrogens with one attached hydrogen (secondary N) is 1. The SMILES string of the molecule is Cn1ccc(C(=O)N2CCC[C@@H](c3nc4ccccc4[nH]3)C2)n1. The fraction of sp³-hybridized carbons (Fsp3) is 0.353. The third kappa shape index (κ3) is 2.60. The van der Waals surface area contributed by atoms with E-state index in [1.807, 2.05) is 36.2 Å². The summed E-state index contributed by atoms with van der Waals surface area (Å²) in [6, 6.07) is 9.81. The maximum Gasteiger partial charge on any atom is 0.274 e. The van der Waals surface area contributed by atoms with Gasteiger partial charge in [-0.05, 0) is 31.0 Å². The average Bonchev–Trinajstić information content (AvgIpc) is 3.20. The van der Waals surface area contributed by atoms with Crippen LogP contribution in [0.2, 0.25) is 0 Å². The molecule has 1 atom stereocenters. The van der Waals surface area contributed by atoms with Gasteiger partial charge in [-0.25, -0.2) is 4.98 Å². The Hall–Kier alpha value is -2.63. The summed E-state index contributed by atoms with van der Waals surface area (Å²) in [5.74, 6) is 1.24. The van der Waals surface area contributed by atoms with Crippen molar-refractivity contribution in [3.63, 3.8) is 0 Å². The number of likely N-dealkylation sites (tertiary alicyclic amines) is 1. The van der Waals surface area contributed by atoms with Crippen molar-refractivity contribution in [2.75, 3.05) is 13.1 Å². The third-order valence-corrected chi connectivity index (χ3v) is 4.44. The molecule has 0 radical (unpaired) electrons. The number of nitrogens with zero attached hydrogens (tertiary/aromatic N) is 4. The predicted octanol–water partition coefficient (Wildman–Crippen LogP) is 2.32. The van der Waals surface area contributed by atoms with Crippen LogP contribution in [-0.2, 0) is 7.05 Å². The maximum atomic E-state index is 12.6. The van der Waals surface area contributed by atoms with E-state index in [1.165, 1.54) is 0 Å². The normalized spacial score (nSPS) is 18.5. The number of amides is 1. The highest BCUT2D eigenvalue weighted by molar-refractivity contribution is 5.92. The van der Waals surface area contributed by atoms with Gasteiger partial charge in [-0.2, -0.15) is 5.10 Å². The van der Waals surface area contributed by atoms with E-state index in [2.05, 4.69) is 10.1 Å². The molecule has 1 amide bonds. The predicted molar refractivity (Wildman–Crippen MR) is 87.2 cm³/mol. The van der Waals surface area contributed by atoms with Crippen LogP contribution in [0.5, 0.6) is 0 Å². The molecule has 2 aromatic heterocycles.